The van der Waals surface area contributed by atoms with Gasteiger partial charge >= 0.3 is 0 Å². The fourth-order valence-electron chi connectivity index (χ4n) is 1.81. The molecule has 0 bridgehead atoms. The Balaban J connectivity index is 0.000000845. The summed E-state index contributed by atoms with van der Waals surface area (Å²) in [6, 6.07) is 6.68. The number of halogens is 2. The van der Waals surface area contributed by atoms with E-state index in [1.807, 2.05) is 0 Å². The summed E-state index contributed by atoms with van der Waals surface area (Å²) >= 11 is 3.46. The molecule has 1 aromatic rings. The largest absolute Gasteiger partial charge is 0.324 e. The number of aryl methyl sites for hydroxylation is 1. The molecule has 2 N–H and O–H groups in total. The van der Waals surface area contributed by atoms with Crippen LogP contribution in [0.2, 0.25) is 0 Å². The zero-order valence-corrected chi connectivity index (χ0v) is 9.70. The fraction of sp³-hybridized carbons (Fsp3) is 0.400. The standard InChI is InChI=1S/C10H12BrN.ClH/c11-8-5-4-7-2-1-3-10(12)9(7)6-8;/h4-6,10H,1-3,12H2;1H. The summed E-state index contributed by atoms with van der Waals surface area (Å²) in [7, 11) is 0. The second-order valence-electron chi connectivity index (χ2n) is 3.34. The second-order valence-corrected chi connectivity index (χ2v) is 4.26. The zero-order valence-electron chi connectivity index (χ0n) is 7.29. The molecule has 0 aromatic heterocycles. The Kier molecular flexibility index (Phi) is 3.77. The molecule has 0 fully saturated rings. The lowest BCUT2D eigenvalue weighted by molar-refractivity contribution is 0.570. The van der Waals surface area contributed by atoms with Crippen LogP contribution < -0.4 is 5.73 Å². The first-order valence-electron chi connectivity index (χ1n) is 4.31. The SMILES string of the molecule is Cl.NC1CCCc2ccc(Br)cc21. The van der Waals surface area contributed by atoms with Crippen molar-refractivity contribution in [3.63, 3.8) is 0 Å². The summed E-state index contributed by atoms with van der Waals surface area (Å²) in [5.41, 5.74) is 8.75. The van der Waals surface area contributed by atoms with E-state index in [0.717, 1.165) is 10.9 Å². The highest BCUT2D eigenvalue weighted by Gasteiger charge is 2.15. The predicted octanol–water partition coefficient (Wildman–Crippen LogP) is 3.21. The van der Waals surface area contributed by atoms with Crippen LogP contribution in [0.25, 0.3) is 0 Å². The van der Waals surface area contributed by atoms with Crippen LogP contribution in [-0.4, -0.2) is 0 Å². The van der Waals surface area contributed by atoms with Gasteiger partial charge in [-0.05, 0) is 42.5 Å². The van der Waals surface area contributed by atoms with Crippen molar-refractivity contribution in [3.05, 3.63) is 33.8 Å². The summed E-state index contributed by atoms with van der Waals surface area (Å²) in [5.74, 6) is 0. The van der Waals surface area contributed by atoms with Crippen molar-refractivity contribution in [1.82, 2.24) is 0 Å². The third-order valence-corrected chi connectivity index (χ3v) is 2.96. The number of rotatable bonds is 0. The minimum atomic E-state index is 0. The summed E-state index contributed by atoms with van der Waals surface area (Å²) in [5, 5.41) is 0. The molecule has 0 aliphatic heterocycles. The van der Waals surface area contributed by atoms with Gasteiger partial charge in [-0.15, -0.1) is 12.4 Å². The number of benzene rings is 1. The lowest BCUT2D eigenvalue weighted by atomic mass is 9.88. The normalized spacial score (nSPS) is 20.3. The van der Waals surface area contributed by atoms with Gasteiger partial charge in [0.05, 0.1) is 0 Å². The van der Waals surface area contributed by atoms with Crippen molar-refractivity contribution >= 4 is 28.3 Å². The highest BCUT2D eigenvalue weighted by molar-refractivity contribution is 9.10. The maximum absolute atomic E-state index is 5.99. The molecule has 0 saturated carbocycles. The van der Waals surface area contributed by atoms with Crippen LogP contribution in [0.3, 0.4) is 0 Å². The van der Waals surface area contributed by atoms with Crippen molar-refractivity contribution in [2.45, 2.75) is 25.3 Å². The van der Waals surface area contributed by atoms with Crippen molar-refractivity contribution < 1.29 is 0 Å². The Bertz CT molecular complexity index is 301. The first kappa shape index (κ1) is 11.0. The van der Waals surface area contributed by atoms with E-state index in [-0.39, 0.29) is 18.4 Å². The van der Waals surface area contributed by atoms with Crippen molar-refractivity contribution in [3.8, 4) is 0 Å². The molecule has 1 unspecified atom stereocenters. The van der Waals surface area contributed by atoms with Gasteiger partial charge in [0.15, 0.2) is 0 Å². The minimum Gasteiger partial charge on any atom is -0.324 e. The Labute approximate surface area is 93.2 Å². The van der Waals surface area contributed by atoms with Crippen LogP contribution in [0.4, 0.5) is 0 Å². The monoisotopic (exact) mass is 261 g/mol. The molecule has 13 heavy (non-hydrogen) atoms. The Hall–Kier alpha value is -0.0500. The molecule has 2 rings (SSSR count). The van der Waals surface area contributed by atoms with Crippen LogP contribution >= 0.6 is 28.3 Å². The molecule has 0 spiro atoms. The maximum atomic E-state index is 5.99. The summed E-state index contributed by atoms with van der Waals surface area (Å²) in [6.07, 6.45) is 3.55. The average molecular weight is 263 g/mol. The van der Waals surface area contributed by atoms with E-state index >= 15 is 0 Å². The van der Waals surface area contributed by atoms with E-state index in [1.165, 1.54) is 24.0 Å². The van der Waals surface area contributed by atoms with Gasteiger partial charge in [0.1, 0.15) is 0 Å². The molecule has 1 nitrogen and oxygen atoms in total. The summed E-state index contributed by atoms with van der Waals surface area (Å²) < 4.78 is 1.14. The minimum absolute atomic E-state index is 0. The molecule has 0 radical (unpaired) electrons. The number of fused-ring (bicyclic) bond motifs is 1. The third kappa shape index (κ3) is 2.25. The topological polar surface area (TPSA) is 26.0 Å². The first-order chi connectivity index (χ1) is 5.77. The van der Waals surface area contributed by atoms with Gasteiger partial charge in [0.2, 0.25) is 0 Å². The van der Waals surface area contributed by atoms with Crippen molar-refractivity contribution in [1.29, 1.82) is 0 Å². The molecular weight excluding hydrogens is 249 g/mol. The van der Waals surface area contributed by atoms with Crippen LogP contribution in [0.5, 0.6) is 0 Å². The smallest absolute Gasteiger partial charge is 0.0298 e. The molecule has 1 aromatic carbocycles. The van der Waals surface area contributed by atoms with E-state index in [9.17, 15) is 0 Å². The highest BCUT2D eigenvalue weighted by Crippen LogP contribution is 2.29. The maximum Gasteiger partial charge on any atom is 0.0298 e. The number of nitrogens with two attached hydrogens (primary N) is 1. The highest BCUT2D eigenvalue weighted by atomic mass is 79.9. The van der Waals surface area contributed by atoms with E-state index in [1.54, 1.807) is 0 Å². The van der Waals surface area contributed by atoms with Crippen LogP contribution in [-0.2, 0) is 6.42 Å². The quantitative estimate of drug-likeness (QED) is 0.763. The Morgan fingerprint density at radius 1 is 1.38 bits per heavy atom. The van der Waals surface area contributed by atoms with E-state index < -0.39 is 0 Å². The fourth-order valence-corrected chi connectivity index (χ4v) is 2.19. The molecule has 0 saturated heterocycles. The van der Waals surface area contributed by atoms with Gasteiger partial charge in [-0.1, -0.05) is 22.0 Å². The van der Waals surface area contributed by atoms with E-state index in [0.29, 0.717) is 0 Å². The Morgan fingerprint density at radius 2 is 2.15 bits per heavy atom. The van der Waals surface area contributed by atoms with Crippen molar-refractivity contribution in [2.24, 2.45) is 5.73 Å². The Morgan fingerprint density at radius 3 is 2.92 bits per heavy atom. The molecule has 72 valence electrons. The lowest BCUT2D eigenvalue weighted by Gasteiger charge is -2.22. The summed E-state index contributed by atoms with van der Waals surface area (Å²) in [6.45, 7) is 0. The van der Waals surface area contributed by atoms with Gasteiger partial charge in [0, 0.05) is 10.5 Å². The molecule has 1 aliphatic rings. The first-order valence-corrected chi connectivity index (χ1v) is 5.10. The molecule has 0 heterocycles. The molecule has 1 atom stereocenters. The zero-order chi connectivity index (χ0) is 8.55. The predicted molar refractivity (Wildman–Crippen MR) is 61.3 cm³/mol. The average Bonchev–Trinajstić information content (AvgIpc) is 2.07. The summed E-state index contributed by atoms with van der Waals surface area (Å²) in [4.78, 5) is 0. The molecular formula is C10H13BrClN. The molecule has 1 aliphatic carbocycles. The third-order valence-electron chi connectivity index (χ3n) is 2.47. The number of hydrogen-bond donors (Lipinski definition) is 1. The molecule has 0 amide bonds. The molecule has 3 heteroatoms. The van der Waals surface area contributed by atoms with E-state index in [2.05, 4.69) is 34.1 Å². The van der Waals surface area contributed by atoms with Gasteiger partial charge in [-0.2, -0.15) is 0 Å². The van der Waals surface area contributed by atoms with Gasteiger partial charge < -0.3 is 5.73 Å². The number of hydrogen-bond acceptors (Lipinski definition) is 1. The van der Waals surface area contributed by atoms with E-state index in [4.69, 9.17) is 5.73 Å². The van der Waals surface area contributed by atoms with Gasteiger partial charge in [-0.3, -0.25) is 0 Å². The van der Waals surface area contributed by atoms with Crippen LogP contribution in [0, 0.1) is 0 Å². The van der Waals surface area contributed by atoms with Gasteiger partial charge in [0.25, 0.3) is 0 Å². The van der Waals surface area contributed by atoms with Gasteiger partial charge in [-0.25, -0.2) is 0 Å². The van der Waals surface area contributed by atoms with Crippen molar-refractivity contribution in [2.75, 3.05) is 0 Å². The van der Waals surface area contributed by atoms with Crippen LogP contribution in [0.1, 0.15) is 30.0 Å². The van der Waals surface area contributed by atoms with Crippen LogP contribution in [0.15, 0.2) is 22.7 Å². The lowest BCUT2D eigenvalue weighted by Crippen LogP contribution is -2.17. The second kappa shape index (κ2) is 4.45.